The molecule has 2 amide bonds. The van der Waals surface area contributed by atoms with Crippen LogP contribution >= 0.6 is 0 Å². The van der Waals surface area contributed by atoms with Gasteiger partial charge in [0.25, 0.3) is 0 Å². The van der Waals surface area contributed by atoms with Gasteiger partial charge in [0.1, 0.15) is 6.04 Å². The Hall–Kier alpha value is -2.65. The zero-order chi connectivity index (χ0) is 16.7. The van der Waals surface area contributed by atoms with E-state index in [0.29, 0.717) is 31.9 Å². The van der Waals surface area contributed by atoms with Gasteiger partial charge in [-0.25, -0.2) is 0 Å². The molecule has 0 radical (unpaired) electrons. The second-order valence-corrected chi connectivity index (χ2v) is 5.24. The second kappa shape index (κ2) is 8.11. The number of nitrogens with zero attached hydrogens (tertiary/aromatic N) is 2. The van der Waals surface area contributed by atoms with E-state index in [1.807, 2.05) is 6.07 Å². The average Bonchev–Trinajstić information content (AvgIpc) is 2.60. The van der Waals surface area contributed by atoms with E-state index in [2.05, 4.69) is 5.32 Å². The smallest absolute Gasteiger partial charge is 0.245 e. The topological polar surface area (TPSA) is 82.4 Å². The Morgan fingerprint density at radius 1 is 1.30 bits per heavy atom. The number of nitrogens with one attached hydrogen (secondary N) is 1. The number of nitriles is 1. The van der Waals surface area contributed by atoms with Crippen molar-refractivity contribution in [2.24, 2.45) is 0 Å². The van der Waals surface area contributed by atoms with E-state index in [-0.39, 0.29) is 11.8 Å². The van der Waals surface area contributed by atoms with Gasteiger partial charge in [0, 0.05) is 19.2 Å². The van der Waals surface area contributed by atoms with Crippen LogP contribution in [0.2, 0.25) is 0 Å². The maximum Gasteiger partial charge on any atom is 0.245 e. The number of morpholine rings is 1. The first kappa shape index (κ1) is 16.7. The molecule has 0 spiro atoms. The van der Waals surface area contributed by atoms with Crippen LogP contribution in [0, 0.1) is 11.3 Å². The van der Waals surface area contributed by atoms with E-state index in [4.69, 9.17) is 10.00 Å². The number of benzene rings is 1. The summed E-state index contributed by atoms with van der Waals surface area (Å²) in [5, 5.41) is 11.4. The quantitative estimate of drug-likeness (QED) is 0.839. The molecule has 1 aromatic rings. The van der Waals surface area contributed by atoms with Crippen molar-refractivity contribution in [2.45, 2.75) is 13.0 Å². The van der Waals surface area contributed by atoms with Crippen LogP contribution in [-0.2, 0) is 14.3 Å². The van der Waals surface area contributed by atoms with Crippen LogP contribution in [-0.4, -0.2) is 49.1 Å². The summed E-state index contributed by atoms with van der Waals surface area (Å²) < 4.78 is 5.20. The number of rotatable bonds is 4. The summed E-state index contributed by atoms with van der Waals surface area (Å²) >= 11 is 0. The third-order valence-corrected chi connectivity index (χ3v) is 3.52. The molecule has 1 atom stereocenters. The number of amides is 2. The maximum absolute atomic E-state index is 12.2. The number of hydrogen-bond donors (Lipinski definition) is 1. The molecule has 0 unspecified atom stereocenters. The first-order valence-electron chi connectivity index (χ1n) is 7.45. The minimum Gasteiger partial charge on any atom is -0.378 e. The first-order valence-corrected chi connectivity index (χ1v) is 7.45. The summed E-state index contributed by atoms with van der Waals surface area (Å²) in [6, 6.07) is 8.33. The molecule has 1 saturated heterocycles. The van der Waals surface area contributed by atoms with E-state index in [0.717, 1.165) is 5.56 Å². The Morgan fingerprint density at radius 2 is 1.96 bits per heavy atom. The Kier molecular flexibility index (Phi) is 5.89. The van der Waals surface area contributed by atoms with Crippen LogP contribution in [0.3, 0.4) is 0 Å². The van der Waals surface area contributed by atoms with Crippen molar-refractivity contribution in [2.75, 3.05) is 26.3 Å². The number of ether oxygens (including phenoxy) is 1. The van der Waals surface area contributed by atoms with Gasteiger partial charge in [-0.15, -0.1) is 0 Å². The predicted molar refractivity (Wildman–Crippen MR) is 85.2 cm³/mol. The number of hydrogen-bond acceptors (Lipinski definition) is 4. The lowest BCUT2D eigenvalue weighted by Gasteiger charge is -2.29. The molecule has 1 heterocycles. The standard InChI is InChI=1S/C17H19N3O3/c1-13(17(22)20-8-10-23-11-9-20)19-16(21)7-6-14-2-4-15(12-18)5-3-14/h2-7,13H,8-11H2,1H3,(H,19,21)/b7-6+/t13-/m1/s1. The van der Waals surface area contributed by atoms with E-state index < -0.39 is 6.04 Å². The molecule has 120 valence electrons. The summed E-state index contributed by atoms with van der Waals surface area (Å²) in [6.45, 7) is 3.85. The molecule has 1 N–H and O–H groups in total. The molecule has 23 heavy (non-hydrogen) atoms. The summed E-state index contributed by atoms with van der Waals surface area (Å²) in [7, 11) is 0. The average molecular weight is 313 g/mol. The summed E-state index contributed by atoms with van der Waals surface area (Å²) in [6.07, 6.45) is 3.02. The van der Waals surface area contributed by atoms with Gasteiger partial charge >= 0.3 is 0 Å². The fraction of sp³-hybridized carbons (Fsp3) is 0.353. The zero-order valence-corrected chi connectivity index (χ0v) is 13.0. The molecule has 1 aromatic carbocycles. The normalized spacial score (nSPS) is 15.9. The Labute approximate surface area is 135 Å². The first-order chi connectivity index (χ1) is 11.1. The molecule has 6 heteroatoms. The third-order valence-electron chi connectivity index (χ3n) is 3.52. The highest BCUT2D eigenvalue weighted by Gasteiger charge is 2.22. The highest BCUT2D eigenvalue weighted by molar-refractivity contribution is 5.95. The van der Waals surface area contributed by atoms with E-state index >= 15 is 0 Å². The summed E-state index contributed by atoms with van der Waals surface area (Å²) in [5.74, 6) is -0.433. The molecule has 0 aliphatic carbocycles. The van der Waals surface area contributed by atoms with Gasteiger partial charge in [-0.2, -0.15) is 5.26 Å². The van der Waals surface area contributed by atoms with E-state index in [1.165, 1.54) is 6.08 Å². The summed E-state index contributed by atoms with van der Waals surface area (Å²) in [5.41, 5.74) is 1.38. The molecular formula is C17H19N3O3. The summed E-state index contributed by atoms with van der Waals surface area (Å²) in [4.78, 5) is 25.8. The predicted octanol–water partition coefficient (Wildman–Crippen LogP) is 0.935. The lowest BCUT2D eigenvalue weighted by molar-refractivity contribution is -0.138. The fourth-order valence-corrected chi connectivity index (χ4v) is 2.22. The van der Waals surface area contributed by atoms with Crippen LogP contribution in [0.1, 0.15) is 18.1 Å². The molecular weight excluding hydrogens is 294 g/mol. The molecule has 1 aliphatic heterocycles. The highest BCUT2D eigenvalue weighted by atomic mass is 16.5. The van der Waals surface area contributed by atoms with Gasteiger partial charge in [-0.3, -0.25) is 9.59 Å². The van der Waals surface area contributed by atoms with Crippen LogP contribution in [0.4, 0.5) is 0 Å². The maximum atomic E-state index is 12.2. The van der Waals surface area contributed by atoms with E-state index in [9.17, 15) is 9.59 Å². The molecule has 2 rings (SSSR count). The SMILES string of the molecule is C[C@@H](NC(=O)/C=C/c1ccc(C#N)cc1)C(=O)N1CCOCC1. The minimum absolute atomic E-state index is 0.103. The Bertz CT molecular complexity index is 625. The third kappa shape index (κ3) is 4.94. The molecule has 0 bridgehead atoms. The zero-order valence-electron chi connectivity index (χ0n) is 13.0. The Morgan fingerprint density at radius 3 is 2.57 bits per heavy atom. The van der Waals surface area contributed by atoms with Crippen molar-refractivity contribution in [1.82, 2.24) is 10.2 Å². The Balaban J connectivity index is 1.86. The number of carbonyl (C=O) groups is 2. The van der Waals surface area contributed by atoms with Gasteiger partial charge in [0.05, 0.1) is 24.8 Å². The number of carbonyl (C=O) groups excluding carboxylic acids is 2. The molecule has 1 fully saturated rings. The van der Waals surface area contributed by atoms with Crippen molar-refractivity contribution < 1.29 is 14.3 Å². The lowest BCUT2D eigenvalue weighted by atomic mass is 10.1. The fourth-order valence-electron chi connectivity index (χ4n) is 2.22. The van der Waals surface area contributed by atoms with Crippen molar-refractivity contribution in [3.63, 3.8) is 0 Å². The van der Waals surface area contributed by atoms with Crippen LogP contribution in [0.15, 0.2) is 30.3 Å². The largest absolute Gasteiger partial charge is 0.378 e. The van der Waals surface area contributed by atoms with Crippen molar-refractivity contribution in [1.29, 1.82) is 5.26 Å². The monoisotopic (exact) mass is 313 g/mol. The van der Waals surface area contributed by atoms with Crippen LogP contribution < -0.4 is 5.32 Å². The van der Waals surface area contributed by atoms with E-state index in [1.54, 1.807) is 42.2 Å². The van der Waals surface area contributed by atoms with Gasteiger partial charge in [0.15, 0.2) is 0 Å². The lowest BCUT2D eigenvalue weighted by Crippen LogP contribution is -2.50. The van der Waals surface area contributed by atoms with Gasteiger partial charge in [0.2, 0.25) is 11.8 Å². The van der Waals surface area contributed by atoms with Crippen molar-refractivity contribution in [3.05, 3.63) is 41.5 Å². The molecule has 0 aromatic heterocycles. The highest BCUT2D eigenvalue weighted by Crippen LogP contribution is 2.05. The van der Waals surface area contributed by atoms with Gasteiger partial charge < -0.3 is 15.0 Å². The molecule has 6 nitrogen and oxygen atoms in total. The van der Waals surface area contributed by atoms with Crippen LogP contribution in [0.5, 0.6) is 0 Å². The van der Waals surface area contributed by atoms with Crippen LogP contribution in [0.25, 0.3) is 6.08 Å². The molecule has 0 saturated carbocycles. The van der Waals surface area contributed by atoms with Gasteiger partial charge in [-0.1, -0.05) is 12.1 Å². The molecule has 1 aliphatic rings. The van der Waals surface area contributed by atoms with Crippen molar-refractivity contribution >= 4 is 17.9 Å². The van der Waals surface area contributed by atoms with Crippen molar-refractivity contribution in [3.8, 4) is 6.07 Å². The second-order valence-electron chi connectivity index (χ2n) is 5.24. The minimum atomic E-state index is -0.578. The van der Waals surface area contributed by atoms with Gasteiger partial charge in [-0.05, 0) is 30.7 Å².